The largest absolute Gasteiger partial charge is 0.490 e. The molecule has 28 heavy (non-hydrogen) atoms. The van der Waals surface area contributed by atoms with E-state index in [9.17, 15) is 26.3 Å². The molecular weight excluding hydrogens is 384 g/mol. The van der Waals surface area contributed by atoms with E-state index in [4.69, 9.17) is 10.5 Å². The molecule has 2 aromatic carbocycles. The quantitative estimate of drug-likeness (QED) is 0.602. The van der Waals surface area contributed by atoms with Gasteiger partial charge in [-0.3, -0.25) is 0 Å². The summed E-state index contributed by atoms with van der Waals surface area (Å²) in [6, 6.07) is 6.97. The third-order valence-corrected chi connectivity index (χ3v) is 5.25. The average molecular weight is 405 g/mol. The van der Waals surface area contributed by atoms with Crippen molar-refractivity contribution in [1.82, 2.24) is 0 Å². The lowest BCUT2D eigenvalue weighted by Crippen LogP contribution is -2.32. The SMILES string of the molecule is CC(N)c1ccc2ccc(OC3CCC(C(F)(F)F)CC3)c(C(F)(F)F)c2c1. The molecule has 0 spiro atoms. The highest BCUT2D eigenvalue weighted by atomic mass is 19.4. The summed E-state index contributed by atoms with van der Waals surface area (Å²) in [6.07, 6.45) is -9.77. The highest BCUT2D eigenvalue weighted by Gasteiger charge is 2.42. The summed E-state index contributed by atoms with van der Waals surface area (Å²) in [5, 5.41) is 0.369. The van der Waals surface area contributed by atoms with Gasteiger partial charge in [0.2, 0.25) is 0 Å². The van der Waals surface area contributed by atoms with Crippen molar-refractivity contribution in [2.45, 2.75) is 57.1 Å². The van der Waals surface area contributed by atoms with Crippen molar-refractivity contribution in [2.24, 2.45) is 11.7 Å². The van der Waals surface area contributed by atoms with Gasteiger partial charge in [0.1, 0.15) is 11.3 Å². The van der Waals surface area contributed by atoms with Crippen LogP contribution in [-0.2, 0) is 6.18 Å². The zero-order valence-corrected chi connectivity index (χ0v) is 15.2. The van der Waals surface area contributed by atoms with E-state index in [1.54, 1.807) is 19.1 Å². The maximum absolute atomic E-state index is 13.8. The molecule has 0 aromatic heterocycles. The molecule has 0 bridgehead atoms. The maximum Gasteiger partial charge on any atom is 0.420 e. The Morgan fingerprint density at radius 2 is 1.57 bits per heavy atom. The van der Waals surface area contributed by atoms with E-state index in [0.717, 1.165) is 0 Å². The molecule has 1 atom stereocenters. The Balaban J connectivity index is 1.93. The van der Waals surface area contributed by atoms with Crippen molar-refractivity contribution >= 4 is 10.8 Å². The van der Waals surface area contributed by atoms with Gasteiger partial charge >= 0.3 is 12.4 Å². The minimum absolute atomic E-state index is 0.0243. The van der Waals surface area contributed by atoms with Crippen LogP contribution in [0.3, 0.4) is 0 Å². The average Bonchev–Trinajstić information content (AvgIpc) is 2.59. The van der Waals surface area contributed by atoms with Crippen molar-refractivity contribution in [3.05, 3.63) is 41.5 Å². The van der Waals surface area contributed by atoms with Gasteiger partial charge in [0.15, 0.2) is 0 Å². The highest BCUT2D eigenvalue weighted by molar-refractivity contribution is 5.89. The molecule has 1 saturated carbocycles. The molecule has 2 aromatic rings. The molecule has 0 amide bonds. The first kappa shape index (κ1) is 20.8. The number of halogens is 6. The van der Waals surface area contributed by atoms with Gasteiger partial charge in [-0.05, 0) is 61.1 Å². The van der Waals surface area contributed by atoms with Crippen molar-refractivity contribution in [3.63, 3.8) is 0 Å². The number of ether oxygens (including phenoxy) is 1. The third kappa shape index (κ3) is 4.37. The Morgan fingerprint density at radius 3 is 2.11 bits per heavy atom. The molecule has 3 rings (SSSR count). The topological polar surface area (TPSA) is 35.2 Å². The molecule has 1 fully saturated rings. The van der Waals surface area contributed by atoms with E-state index < -0.39 is 36.0 Å². The summed E-state index contributed by atoms with van der Waals surface area (Å²) in [6.45, 7) is 1.67. The van der Waals surface area contributed by atoms with Gasteiger partial charge < -0.3 is 10.5 Å². The van der Waals surface area contributed by atoms with E-state index in [1.165, 1.54) is 18.2 Å². The second-order valence-corrected chi connectivity index (χ2v) is 7.34. The molecular formula is C20H21F6NO. The van der Waals surface area contributed by atoms with E-state index in [0.29, 0.717) is 10.9 Å². The normalized spacial score (nSPS) is 22.3. The summed E-state index contributed by atoms with van der Waals surface area (Å²) < 4.78 is 85.4. The molecule has 0 saturated heterocycles. The fourth-order valence-corrected chi connectivity index (χ4v) is 3.68. The minimum Gasteiger partial charge on any atom is -0.490 e. The van der Waals surface area contributed by atoms with Crippen LogP contribution < -0.4 is 10.5 Å². The fourth-order valence-electron chi connectivity index (χ4n) is 3.68. The third-order valence-electron chi connectivity index (χ3n) is 5.25. The van der Waals surface area contributed by atoms with Crippen LogP contribution in [0, 0.1) is 5.92 Å². The molecule has 154 valence electrons. The van der Waals surface area contributed by atoms with Crippen LogP contribution >= 0.6 is 0 Å². The first-order valence-corrected chi connectivity index (χ1v) is 9.09. The Labute approximate surface area is 158 Å². The van der Waals surface area contributed by atoms with Crippen LogP contribution in [0.1, 0.15) is 49.8 Å². The van der Waals surface area contributed by atoms with Gasteiger partial charge in [-0.1, -0.05) is 18.2 Å². The fraction of sp³-hybridized carbons (Fsp3) is 0.500. The van der Waals surface area contributed by atoms with Crippen LogP contribution in [0.4, 0.5) is 26.3 Å². The predicted molar refractivity (Wildman–Crippen MR) is 94.0 cm³/mol. The Bertz CT molecular complexity index is 835. The minimum atomic E-state index is -4.67. The van der Waals surface area contributed by atoms with Crippen LogP contribution in [0.15, 0.2) is 30.3 Å². The smallest absolute Gasteiger partial charge is 0.420 e. The molecule has 2 nitrogen and oxygen atoms in total. The van der Waals surface area contributed by atoms with Crippen LogP contribution in [0.5, 0.6) is 5.75 Å². The zero-order valence-electron chi connectivity index (χ0n) is 15.2. The number of alkyl halides is 6. The number of hydrogen-bond acceptors (Lipinski definition) is 2. The highest BCUT2D eigenvalue weighted by Crippen LogP contribution is 2.44. The standard InChI is InChI=1S/C20H21F6NO/c1-11(27)13-3-2-12-4-9-17(18(16(12)10-13)20(24,25)26)28-15-7-5-14(6-8-15)19(21,22)23/h2-4,9-11,14-15H,5-8,27H2,1H3. The van der Waals surface area contributed by atoms with E-state index in [2.05, 4.69) is 0 Å². The van der Waals surface area contributed by atoms with Crippen molar-refractivity contribution in [3.8, 4) is 5.75 Å². The lowest BCUT2D eigenvalue weighted by atomic mass is 9.87. The number of nitrogens with two attached hydrogens (primary N) is 1. The predicted octanol–water partition coefficient (Wildman–Crippen LogP) is 6.38. The Hall–Kier alpha value is -1.96. The first-order valence-electron chi connectivity index (χ1n) is 9.09. The van der Waals surface area contributed by atoms with Crippen molar-refractivity contribution < 1.29 is 31.1 Å². The first-order chi connectivity index (χ1) is 13.0. The summed E-state index contributed by atoms with van der Waals surface area (Å²) in [5.41, 5.74) is 5.44. The van der Waals surface area contributed by atoms with Gasteiger partial charge in [0, 0.05) is 6.04 Å². The van der Waals surface area contributed by atoms with E-state index >= 15 is 0 Å². The van der Waals surface area contributed by atoms with Crippen molar-refractivity contribution in [1.29, 1.82) is 0 Å². The number of hydrogen-bond donors (Lipinski definition) is 1. The van der Waals surface area contributed by atoms with E-state index in [1.807, 2.05) is 0 Å². The van der Waals surface area contributed by atoms with Crippen LogP contribution in [0.25, 0.3) is 10.8 Å². The van der Waals surface area contributed by atoms with Gasteiger partial charge in [-0.25, -0.2) is 0 Å². The van der Waals surface area contributed by atoms with Crippen LogP contribution in [0.2, 0.25) is 0 Å². The molecule has 1 aliphatic rings. The van der Waals surface area contributed by atoms with Gasteiger partial charge in [0.25, 0.3) is 0 Å². The molecule has 1 aliphatic carbocycles. The molecule has 2 N–H and O–H groups in total. The van der Waals surface area contributed by atoms with Crippen molar-refractivity contribution in [2.75, 3.05) is 0 Å². The lowest BCUT2D eigenvalue weighted by molar-refractivity contribution is -0.185. The number of fused-ring (bicyclic) bond motifs is 1. The molecule has 0 heterocycles. The summed E-state index contributed by atoms with van der Waals surface area (Å²) in [4.78, 5) is 0. The monoisotopic (exact) mass is 405 g/mol. The molecule has 1 unspecified atom stereocenters. The van der Waals surface area contributed by atoms with Gasteiger partial charge in [0.05, 0.1) is 12.0 Å². The number of rotatable bonds is 3. The molecule has 8 heteroatoms. The molecule has 0 radical (unpaired) electrons. The lowest BCUT2D eigenvalue weighted by Gasteiger charge is -2.31. The van der Waals surface area contributed by atoms with E-state index in [-0.39, 0.29) is 36.8 Å². The second kappa shape index (κ2) is 7.46. The number of benzene rings is 2. The Morgan fingerprint density at radius 1 is 0.964 bits per heavy atom. The molecule has 0 aliphatic heterocycles. The Kier molecular flexibility index (Phi) is 5.53. The second-order valence-electron chi connectivity index (χ2n) is 7.34. The zero-order chi connectivity index (χ0) is 20.7. The maximum atomic E-state index is 13.8. The summed E-state index contributed by atoms with van der Waals surface area (Å²) in [5.74, 6) is -1.77. The van der Waals surface area contributed by atoms with Crippen LogP contribution in [-0.4, -0.2) is 12.3 Å². The van der Waals surface area contributed by atoms with Gasteiger partial charge in [-0.15, -0.1) is 0 Å². The summed E-state index contributed by atoms with van der Waals surface area (Å²) in [7, 11) is 0. The van der Waals surface area contributed by atoms with Gasteiger partial charge in [-0.2, -0.15) is 26.3 Å². The summed E-state index contributed by atoms with van der Waals surface area (Å²) >= 11 is 0.